The Bertz CT molecular complexity index is 209. The third-order valence-electron chi connectivity index (χ3n) is 1.58. The molecular weight excluding hydrogens is 178 g/mol. The summed E-state index contributed by atoms with van der Waals surface area (Å²) >= 11 is 0. The van der Waals surface area contributed by atoms with Crippen LogP contribution in [-0.4, -0.2) is 19.1 Å². The first-order valence-electron chi connectivity index (χ1n) is 4.88. The number of carbonyl (C=O) groups excluding carboxylic acids is 1. The second kappa shape index (κ2) is 8.35. The molecule has 0 aliphatic carbocycles. The van der Waals surface area contributed by atoms with Crippen molar-refractivity contribution in [3.63, 3.8) is 0 Å². The highest BCUT2D eigenvalue weighted by Gasteiger charge is 1.96. The Morgan fingerprint density at radius 2 is 2.29 bits per heavy atom. The van der Waals surface area contributed by atoms with Crippen LogP contribution in [0.25, 0.3) is 0 Å². The maximum atomic E-state index is 11.0. The van der Waals surface area contributed by atoms with Crippen molar-refractivity contribution < 1.29 is 9.53 Å². The van der Waals surface area contributed by atoms with Crippen molar-refractivity contribution in [1.29, 1.82) is 0 Å². The molecule has 1 N–H and O–H groups in total. The first-order valence-corrected chi connectivity index (χ1v) is 4.88. The van der Waals surface area contributed by atoms with E-state index in [0.717, 1.165) is 19.4 Å². The first-order chi connectivity index (χ1) is 6.68. The van der Waals surface area contributed by atoms with Crippen LogP contribution in [0.15, 0.2) is 24.5 Å². The van der Waals surface area contributed by atoms with Crippen molar-refractivity contribution in [2.24, 2.45) is 0 Å². The molecule has 0 unspecified atom stereocenters. The summed E-state index contributed by atoms with van der Waals surface area (Å²) in [5, 5.41) is 2.67. The Labute approximate surface area is 85.8 Å². The lowest BCUT2D eigenvalue weighted by atomic mass is 10.3. The zero-order chi connectivity index (χ0) is 10.8. The van der Waals surface area contributed by atoms with Gasteiger partial charge >= 0.3 is 0 Å². The van der Waals surface area contributed by atoms with E-state index in [0.29, 0.717) is 12.1 Å². The van der Waals surface area contributed by atoms with E-state index in [1.165, 1.54) is 0 Å². The molecule has 0 aromatic rings. The van der Waals surface area contributed by atoms with Gasteiger partial charge in [0.2, 0.25) is 5.91 Å². The van der Waals surface area contributed by atoms with Crippen LogP contribution < -0.4 is 5.32 Å². The summed E-state index contributed by atoms with van der Waals surface area (Å²) in [6.07, 6.45) is 5.58. The predicted molar refractivity (Wildman–Crippen MR) is 57.8 cm³/mol. The van der Waals surface area contributed by atoms with Gasteiger partial charge in [-0.15, -0.1) is 0 Å². The molecule has 1 amide bonds. The SMILES string of the molecule is C=C(C)C(=O)NCC=COCCCC. The van der Waals surface area contributed by atoms with Gasteiger partial charge in [0, 0.05) is 12.1 Å². The Kier molecular flexibility index (Phi) is 7.61. The fourth-order valence-corrected chi connectivity index (χ4v) is 0.714. The van der Waals surface area contributed by atoms with E-state index in [9.17, 15) is 4.79 Å². The predicted octanol–water partition coefficient (Wildman–Crippen LogP) is 2.01. The molecule has 0 aromatic heterocycles. The van der Waals surface area contributed by atoms with Crippen LogP contribution in [-0.2, 0) is 9.53 Å². The van der Waals surface area contributed by atoms with Gasteiger partial charge in [0.05, 0.1) is 12.9 Å². The zero-order valence-electron chi connectivity index (χ0n) is 9.01. The monoisotopic (exact) mass is 197 g/mol. The maximum Gasteiger partial charge on any atom is 0.246 e. The second-order valence-corrected chi connectivity index (χ2v) is 3.09. The van der Waals surface area contributed by atoms with Crippen LogP contribution in [0, 0.1) is 0 Å². The minimum atomic E-state index is -0.122. The third kappa shape index (κ3) is 7.40. The average molecular weight is 197 g/mol. The van der Waals surface area contributed by atoms with E-state index in [1.54, 1.807) is 19.3 Å². The molecule has 0 saturated heterocycles. The number of amides is 1. The fourth-order valence-electron chi connectivity index (χ4n) is 0.714. The minimum Gasteiger partial charge on any atom is -0.501 e. The van der Waals surface area contributed by atoms with Crippen molar-refractivity contribution in [1.82, 2.24) is 5.32 Å². The summed E-state index contributed by atoms with van der Waals surface area (Å²) < 4.78 is 5.16. The average Bonchev–Trinajstić information content (AvgIpc) is 2.16. The lowest BCUT2D eigenvalue weighted by molar-refractivity contribution is -0.117. The molecule has 14 heavy (non-hydrogen) atoms. The van der Waals surface area contributed by atoms with Crippen LogP contribution in [0.2, 0.25) is 0 Å². The molecule has 80 valence electrons. The van der Waals surface area contributed by atoms with Crippen molar-refractivity contribution in [2.75, 3.05) is 13.2 Å². The fraction of sp³-hybridized carbons (Fsp3) is 0.545. The Hall–Kier alpha value is -1.25. The van der Waals surface area contributed by atoms with Gasteiger partial charge in [-0.1, -0.05) is 19.9 Å². The lowest BCUT2D eigenvalue weighted by Gasteiger charge is -2.00. The summed E-state index contributed by atoms with van der Waals surface area (Å²) in [5.74, 6) is -0.122. The molecule has 0 heterocycles. The number of unbranched alkanes of at least 4 members (excludes halogenated alkanes) is 1. The zero-order valence-corrected chi connectivity index (χ0v) is 9.01. The number of carbonyl (C=O) groups is 1. The van der Waals surface area contributed by atoms with Crippen molar-refractivity contribution in [3.8, 4) is 0 Å². The van der Waals surface area contributed by atoms with E-state index in [4.69, 9.17) is 4.74 Å². The third-order valence-corrected chi connectivity index (χ3v) is 1.58. The number of rotatable bonds is 7. The summed E-state index contributed by atoms with van der Waals surface area (Å²) in [6.45, 7) is 8.54. The molecular formula is C11H19NO2. The molecule has 0 radical (unpaired) electrons. The van der Waals surface area contributed by atoms with Crippen molar-refractivity contribution in [2.45, 2.75) is 26.7 Å². The molecule has 0 spiro atoms. The molecule has 0 bridgehead atoms. The van der Waals surface area contributed by atoms with Gasteiger partial charge in [-0.25, -0.2) is 0 Å². The number of hydrogen-bond acceptors (Lipinski definition) is 2. The highest BCUT2D eigenvalue weighted by atomic mass is 16.5. The summed E-state index contributed by atoms with van der Waals surface area (Å²) in [5.41, 5.74) is 0.519. The normalized spacial score (nSPS) is 10.1. The van der Waals surface area contributed by atoms with Crippen LogP contribution in [0.1, 0.15) is 26.7 Å². The highest BCUT2D eigenvalue weighted by molar-refractivity contribution is 5.92. The van der Waals surface area contributed by atoms with Gasteiger partial charge in [-0.05, 0) is 19.4 Å². The summed E-state index contributed by atoms with van der Waals surface area (Å²) in [7, 11) is 0. The smallest absolute Gasteiger partial charge is 0.246 e. The maximum absolute atomic E-state index is 11.0. The number of hydrogen-bond donors (Lipinski definition) is 1. The summed E-state index contributed by atoms with van der Waals surface area (Å²) in [6, 6.07) is 0. The Balaban J connectivity index is 3.35. The largest absolute Gasteiger partial charge is 0.501 e. The Morgan fingerprint density at radius 1 is 1.57 bits per heavy atom. The number of nitrogens with one attached hydrogen (secondary N) is 1. The molecule has 3 nitrogen and oxygen atoms in total. The van der Waals surface area contributed by atoms with E-state index in [1.807, 2.05) is 0 Å². The molecule has 0 aliphatic heterocycles. The van der Waals surface area contributed by atoms with E-state index < -0.39 is 0 Å². The molecule has 0 fully saturated rings. The molecule has 0 atom stereocenters. The van der Waals surface area contributed by atoms with E-state index in [2.05, 4.69) is 18.8 Å². The van der Waals surface area contributed by atoms with Gasteiger partial charge in [0.15, 0.2) is 0 Å². The van der Waals surface area contributed by atoms with Crippen LogP contribution in [0.4, 0.5) is 0 Å². The molecule has 0 aliphatic rings. The van der Waals surface area contributed by atoms with Gasteiger partial charge in [0.1, 0.15) is 0 Å². The van der Waals surface area contributed by atoms with Crippen LogP contribution in [0.3, 0.4) is 0 Å². The quantitative estimate of drug-likeness (QED) is 0.385. The van der Waals surface area contributed by atoms with E-state index in [-0.39, 0.29) is 5.91 Å². The lowest BCUT2D eigenvalue weighted by Crippen LogP contribution is -2.23. The molecule has 0 aromatic carbocycles. The van der Waals surface area contributed by atoms with Gasteiger partial charge in [-0.2, -0.15) is 0 Å². The summed E-state index contributed by atoms with van der Waals surface area (Å²) in [4.78, 5) is 11.0. The van der Waals surface area contributed by atoms with Crippen LogP contribution in [0.5, 0.6) is 0 Å². The Morgan fingerprint density at radius 3 is 2.86 bits per heavy atom. The van der Waals surface area contributed by atoms with Crippen molar-refractivity contribution in [3.05, 3.63) is 24.5 Å². The molecule has 3 heteroatoms. The molecule has 0 saturated carbocycles. The van der Waals surface area contributed by atoms with Gasteiger partial charge < -0.3 is 10.1 Å². The standard InChI is InChI=1S/C11H19NO2/c1-4-5-8-14-9-6-7-12-11(13)10(2)3/h6,9H,2,4-5,7-8H2,1,3H3,(H,12,13). The second-order valence-electron chi connectivity index (χ2n) is 3.09. The molecule has 0 rings (SSSR count). The topological polar surface area (TPSA) is 38.3 Å². The highest BCUT2D eigenvalue weighted by Crippen LogP contribution is 1.88. The van der Waals surface area contributed by atoms with Gasteiger partial charge in [0.25, 0.3) is 0 Å². The van der Waals surface area contributed by atoms with E-state index >= 15 is 0 Å². The van der Waals surface area contributed by atoms with Crippen molar-refractivity contribution >= 4 is 5.91 Å². The first kappa shape index (κ1) is 12.8. The number of ether oxygens (including phenoxy) is 1. The van der Waals surface area contributed by atoms with Gasteiger partial charge in [-0.3, -0.25) is 4.79 Å². The van der Waals surface area contributed by atoms with Crippen LogP contribution >= 0.6 is 0 Å². The minimum absolute atomic E-state index is 0.122.